The summed E-state index contributed by atoms with van der Waals surface area (Å²) in [6.45, 7) is 1.09. The van der Waals surface area contributed by atoms with Gasteiger partial charge >= 0.3 is 0 Å². The van der Waals surface area contributed by atoms with Gasteiger partial charge in [0.05, 0.1) is 9.21 Å². The van der Waals surface area contributed by atoms with E-state index >= 15 is 0 Å². The summed E-state index contributed by atoms with van der Waals surface area (Å²) in [5.74, 6) is 0.617. The van der Waals surface area contributed by atoms with Crippen LogP contribution in [0.25, 0.3) is 0 Å². The van der Waals surface area contributed by atoms with Crippen molar-refractivity contribution in [1.82, 2.24) is 5.32 Å². The highest BCUT2D eigenvalue weighted by molar-refractivity contribution is 7.18. The molecule has 0 aliphatic heterocycles. The number of rotatable bonds is 5. The molecule has 5 N–H and O–H groups in total. The fourth-order valence-corrected chi connectivity index (χ4v) is 3.82. The van der Waals surface area contributed by atoms with Gasteiger partial charge in [-0.2, -0.15) is 0 Å². The molecule has 1 aliphatic rings. The van der Waals surface area contributed by atoms with E-state index in [0.29, 0.717) is 21.7 Å². The maximum absolute atomic E-state index is 12.1. The zero-order chi connectivity index (χ0) is 13.8. The SMILES string of the molecule is NCCC1CCC(NC(=O)c2cc(CN)c(Cl)s2)C1. The maximum Gasteiger partial charge on any atom is 0.261 e. The average molecular weight is 302 g/mol. The van der Waals surface area contributed by atoms with E-state index < -0.39 is 0 Å². The Hall–Kier alpha value is -0.620. The zero-order valence-electron chi connectivity index (χ0n) is 10.8. The summed E-state index contributed by atoms with van der Waals surface area (Å²) >= 11 is 7.31. The Labute approximate surface area is 122 Å². The number of hydrogen-bond donors (Lipinski definition) is 3. The first-order chi connectivity index (χ1) is 9.13. The first-order valence-corrected chi connectivity index (χ1v) is 7.82. The largest absolute Gasteiger partial charge is 0.349 e. The molecule has 1 aromatic heterocycles. The molecule has 2 atom stereocenters. The van der Waals surface area contributed by atoms with Crippen molar-refractivity contribution in [3.05, 3.63) is 20.8 Å². The Kier molecular flexibility index (Phi) is 5.21. The van der Waals surface area contributed by atoms with Crippen LogP contribution in [0.1, 0.15) is 40.9 Å². The zero-order valence-corrected chi connectivity index (χ0v) is 12.4. The van der Waals surface area contributed by atoms with Crippen molar-refractivity contribution < 1.29 is 4.79 Å². The summed E-state index contributed by atoms with van der Waals surface area (Å²) in [6, 6.07) is 2.06. The summed E-state index contributed by atoms with van der Waals surface area (Å²) in [6.07, 6.45) is 4.28. The Balaban J connectivity index is 1.90. The fourth-order valence-electron chi connectivity index (χ4n) is 2.62. The van der Waals surface area contributed by atoms with E-state index in [1.54, 1.807) is 6.07 Å². The molecule has 1 amide bonds. The highest BCUT2D eigenvalue weighted by atomic mass is 35.5. The number of carbonyl (C=O) groups is 1. The third kappa shape index (κ3) is 3.69. The van der Waals surface area contributed by atoms with Crippen molar-refractivity contribution in [3.63, 3.8) is 0 Å². The standard InChI is InChI=1S/C13H20ClN3OS/c14-12-9(7-16)6-11(19-12)13(18)17-10-2-1-8(5-10)3-4-15/h6,8,10H,1-5,7,15-16H2,(H,17,18). The van der Waals surface area contributed by atoms with Crippen molar-refractivity contribution in [2.24, 2.45) is 17.4 Å². The van der Waals surface area contributed by atoms with Gasteiger partial charge in [0.15, 0.2) is 0 Å². The molecule has 2 unspecified atom stereocenters. The average Bonchev–Trinajstić information content (AvgIpc) is 2.96. The minimum atomic E-state index is -0.0370. The number of thiophene rings is 1. The van der Waals surface area contributed by atoms with Gasteiger partial charge in [-0.1, -0.05) is 11.6 Å². The van der Waals surface area contributed by atoms with Crippen molar-refractivity contribution in [2.75, 3.05) is 6.54 Å². The number of hydrogen-bond acceptors (Lipinski definition) is 4. The first kappa shape index (κ1) is 14.8. The maximum atomic E-state index is 12.1. The predicted molar refractivity (Wildman–Crippen MR) is 79.5 cm³/mol. The van der Waals surface area contributed by atoms with Crippen molar-refractivity contribution in [2.45, 2.75) is 38.3 Å². The first-order valence-electron chi connectivity index (χ1n) is 6.63. The molecule has 1 aromatic rings. The molecule has 0 spiro atoms. The fraction of sp³-hybridized carbons (Fsp3) is 0.615. The van der Waals surface area contributed by atoms with E-state index in [1.165, 1.54) is 11.3 Å². The second kappa shape index (κ2) is 6.70. The Morgan fingerprint density at radius 1 is 1.47 bits per heavy atom. The van der Waals surface area contributed by atoms with Crippen LogP contribution in [0.15, 0.2) is 6.07 Å². The lowest BCUT2D eigenvalue weighted by molar-refractivity contribution is 0.0941. The topological polar surface area (TPSA) is 81.1 Å². The monoisotopic (exact) mass is 301 g/mol. The van der Waals surface area contributed by atoms with Crippen LogP contribution in [-0.4, -0.2) is 18.5 Å². The third-order valence-corrected chi connectivity index (χ3v) is 5.09. The molecule has 4 nitrogen and oxygen atoms in total. The van der Waals surface area contributed by atoms with Crippen LogP contribution in [0.4, 0.5) is 0 Å². The molecule has 0 saturated heterocycles. The van der Waals surface area contributed by atoms with Crippen molar-refractivity contribution >= 4 is 28.8 Å². The molecule has 1 heterocycles. The summed E-state index contributed by atoms with van der Waals surface area (Å²) in [7, 11) is 0. The molecule has 1 aliphatic carbocycles. The van der Waals surface area contributed by atoms with E-state index in [-0.39, 0.29) is 11.9 Å². The van der Waals surface area contributed by atoms with Crippen molar-refractivity contribution in [3.8, 4) is 0 Å². The van der Waals surface area contributed by atoms with Gasteiger partial charge in [0, 0.05) is 12.6 Å². The smallest absolute Gasteiger partial charge is 0.261 e. The van der Waals surface area contributed by atoms with Gasteiger partial charge in [-0.15, -0.1) is 11.3 Å². The molecule has 1 saturated carbocycles. The minimum absolute atomic E-state index is 0.0370. The van der Waals surface area contributed by atoms with Gasteiger partial charge in [-0.25, -0.2) is 0 Å². The quantitative estimate of drug-likeness (QED) is 0.779. The Morgan fingerprint density at radius 2 is 2.26 bits per heavy atom. The van der Waals surface area contributed by atoms with Gasteiger partial charge in [-0.3, -0.25) is 4.79 Å². The van der Waals surface area contributed by atoms with Crippen LogP contribution >= 0.6 is 22.9 Å². The van der Waals surface area contributed by atoms with Crippen molar-refractivity contribution in [1.29, 1.82) is 0 Å². The van der Waals surface area contributed by atoms with Gasteiger partial charge in [0.1, 0.15) is 0 Å². The molecular formula is C13H20ClN3OS. The Bertz CT molecular complexity index is 449. The van der Waals surface area contributed by atoms with Crippen LogP contribution in [-0.2, 0) is 6.54 Å². The molecule has 1 fully saturated rings. The number of halogens is 1. The lowest BCUT2D eigenvalue weighted by Gasteiger charge is -2.12. The highest BCUT2D eigenvalue weighted by Gasteiger charge is 2.26. The van der Waals surface area contributed by atoms with Gasteiger partial charge < -0.3 is 16.8 Å². The summed E-state index contributed by atoms with van der Waals surface area (Å²) in [5.41, 5.74) is 12.0. The van der Waals surface area contributed by atoms with Gasteiger partial charge in [-0.05, 0) is 49.8 Å². The van der Waals surface area contributed by atoms with E-state index in [4.69, 9.17) is 23.1 Å². The normalized spacial score (nSPS) is 22.7. The number of nitrogens with two attached hydrogens (primary N) is 2. The second-order valence-corrected chi connectivity index (χ2v) is 6.69. The van der Waals surface area contributed by atoms with E-state index in [9.17, 15) is 4.79 Å². The molecule has 0 radical (unpaired) electrons. The van der Waals surface area contributed by atoms with Crippen LogP contribution < -0.4 is 16.8 Å². The van der Waals surface area contributed by atoms with Gasteiger partial charge in [0.2, 0.25) is 0 Å². The highest BCUT2D eigenvalue weighted by Crippen LogP contribution is 2.30. The van der Waals surface area contributed by atoms with Crippen LogP contribution in [0.5, 0.6) is 0 Å². The van der Waals surface area contributed by atoms with Gasteiger partial charge in [0.25, 0.3) is 5.91 Å². The van der Waals surface area contributed by atoms with Crippen LogP contribution in [0.2, 0.25) is 4.34 Å². The summed E-state index contributed by atoms with van der Waals surface area (Å²) in [5, 5.41) is 3.08. The molecule has 0 aromatic carbocycles. The van der Waals surface area contributed by atoms with Crippen LogP contribution in [0, 0.1) is 5.92 Å². The molecule has 6 heteroatoms. The second-order valence-electron chi connectivity index (χ2n) is 5.04. The third-order valence-electron chi connectivity index (χ3n) is 3.65. The lowest BCUT2D eigenvalue weighted by atomic mass is 10.0. The van der Waals surface area contributed by atoms with Crippen LogP contribution in [0.3, 0.4) is 0 Å². The minimum Gasteiger partial charge on any atom is -0.349 e. The van der Waals surface area contributed by atoms with E-state index in [2.05, 4.69) is 5.32 Å². The molecule has 19 heavy (non-hydrogen) atoms. The van der Waals surface area contributed by atoms with E-state index in [1.807, 2.05) is 0 Å². The Morgan fingerprint density at radius 3 is 2.89 bits per heavy atom. The molecule has 0 bridgehead atoms. The molecule has 2 rings (SSSR count). The predicted octanol–water partition coefficient (Wildman–Crippen LogP) is 2.11. The number of carbonyl (C=O) groups excluding carboxylic acids is 1. The number of amides is 1. The number of nitrogens with one attached hydrogen (secondary N) is 1. The molecular weight excluding hydrogens is 282 g/mol. The lowest BCUT2D eigenvalue weighted by Crippen LogP contribution is -2.32. The molecule has 106 valence electrons. The summed E-state index contributed by atoms with van der Waals surface area (Å²) in [4.78, 5) is 12.8. The van der Waals surface area contributed by atoms with E-state index in [0.717, 1.165) is 37.8 Å². The summed E-state index contributed by atoms with van der Waals surface area (Å²) < 4.78 is 0.611.